The Labute approximate surface area is 142 Å². The molecule has 3 N–H and O–H groups in total. The standard InChI is InChI=1S/C18H18N2O3S/c21-10-7-8-11(13(22)9-10)16-19-17(23)15-12-5-3-1-2-4-6-14(12)24-18(15)20-16/h7-9,21-22H,1-6H2,(H,19,20,23). The van der Waals surface area contributed by atoms with Gasteiger partial charge in [-0.3, -0.25) is 4.79 Å². The monoisotopic (exact) mass is 342 g/mol. The molecule has 0 unspecified atom stereocenters. The van der Waals surface area contributed by atoms with Crippen molar-refractivity contribution in [2.45, 2.75) is 38.5 Å². The first-order valence-electron chi connectivity index (χ1n) is 8.20. The third-order valence-electron chi connectivity index (χ3n) is 4.56. The van der Waals surface area contributed by atoms with Gasteiger partial charge >= 0.3 is 0 Å². The number of benzene rings is 1. The summed E-state index contributed by atoms with van der Waals surface area (Å²) in [5.74, 6) is 0.199. The Morgan fingerprint density at radius 1 is 1.08 bits per heavy atom. The molecular weight excluding hydrogens is 324 g/mol. The first-order valence-corrected chi connectivity index (χ1v) is 9.02. The maximum Gasteiger partial charge on any atom is 0.260 e. The number of aromatic nitrogens is 2. The molecule has 0 aliphatic heterocycles. The van der Waals surface area contributed by atoms with Gasteiger partial charge in [0, 0.05) is 10.9 Å². The summed E-state index contributed by atoms with van der Waals surface area (Å²) >= 11 is 1.59. The molecular formula is C18H18N2O3S. The summed E-state index contributed by atoms with van der Waals surface area (Å²) in [6.45, 7) is 0. The van der Waals surface area contributed by atoms with Crippen LogP contribution < -0.4 is 5.56 Å². The van der Waals surface area contributed by atoms with Crippen molar-refractivity contribution in [2.75, 3.05) is 0 Å². The SMILES string of the molecule is O=c1[nH]c(-c2ccc(O)cc2O)nc2sc3c(c12)CCCCCC3. The van der Waals surface area contributed by atoms with Crippen molar-refractivity contribution in [2.24, 2.45) is 0 Å². The highest BCUT2D eigenvalue weighted by Gasteiger charge is 2.19. The van der Waals surface area contributed by atoms with Crippen LogP contribution in [0.1, 0.15) is 36.1 Å². The lowest BCUT2D eigenvalue weighted by atomic mass is 9.98. The van der Waals surface area contributed by atoms with Crippen LogP contribution in [0.5, 0.6) is 11.5 Å². The fourth-order valence-corrected chi connectivity index (χ4v) is 4.63. The Hall–Kier alpha value is -2.34. The molecule has 1 aliphatic rings. The molecule has 0 radical (unpaired) electrons. The molecule has 0 amide bonds. The molecule has 3 aromatic rings. The van der Waals surface area contributed by atoms with Gasteiger partial charge in [-0.05, 0) is 43.4 Å². The fourth-order valence-electron chi connectivity index (χ4n) is 3.37. The average molecular weight is 342 g/mol. The highest BCUT2D eigenvalue weighted by Crippen LogP contribution is 2.35. The summed E-state index contributed by atoms with van der Waals surface area (Å²) in [6, 6.07) is 4.26. The van der Waals surface area contributed by atoms with Gasteiger partial charge in [-0.15, -0.1) is 11.3 Å². The van der Waals surface area contributed by atoms with Gasteiger partial charge in [-0.2, -0.15) is 0 Å². The molecule has 5 nitrogen and oxygen atoms in total. The van der Waals surface area contributed by atoms with Crippen LogP contribution in [-0.4, -0.2) is 20.2 Å². The van der Waals surface area contributed by atoms with E-state index in [1.807, 2.05) is 0 Å². The molecule has 0 fully saturated rings. The van der Waals surface area contributed by atoms with Crippen molar-refractivity contribution in [3.8, 4) is 22.9 Å². The molecule has 0 bridgehead atoms. The van der Waals surface area contributed by atoms with Gasteiger partial charge in [0.25, 0.3) is 5.56 Å². The first-order chi connectivity index (χ1) is 11.6. The lowest BCUT2D eigenvalue weighted by molar-refractivity contribution is 0.451. The Morgan fingerprint density at radius 3 is 2.67 bits per heavy atom. The zero-order valence-corrected chi connectivity index (χ0v) is 13.9. The molecule has 4 rings (SSSR count). The molecule has 1 aliphatic carbocycles. The van der Waals surface area contributed by atoms with E-state index in [1.165, 1.54) is 29.9 Å². The van der Waals surface area contributed by atoms with Gasteiger partial charge < -0.3 is 15.2 Å². The van der Waals surface area contributed by atoms with Crippen molar-refractivity contribution >= 4 is 21.6 Å². The van der Waals surface area contributed by atoms with Gasteiger partial charge in [-0.25, -0.2) is 4.98 Å². The molecule has 124 valence electrons. The second kappa shape index (κ2) is 5.94. The normalized spacial score (nSPS) is 15.0. The smallest absolute Gasteiger partial charge is 0.260 e. The van der Waals surface area contributed by atoms with E-state index >= 15 is 0 Å². The van der Waals surface area contributed by atoms with E-state index in [4.69, 9.17) is 0 Å². The van der Waals surface area contributed by atoms with Crippen LogP contribution in [0, 0.1) is 0 Å². The zero-order valence-electron chi connectivity index (χ0n) is 13.1. The highest BCUT2D eigenvalue weighted by atomic mass is 32.1. The van der Waals surface area contributed by atoms with Crippen molar-refractivity contribution in [3.05, 3.63) is 39.0 Å². The lowest BCUT2D eigenvalue weighted by Gasteiger charge is -2.09. The number of nitrogens with one attached hydrogen (secondary N) is 1. The highest BCUT2D eigenvalue weighted by molar-refractivity contribution is 7.18. The van der Waals surface area contributed by atoms with E-state index < -0.39 is 0 Å². The number of phenolic OH excluding ortho intramolecular Hbond substituents is 2. The number of rotatable bonds is 1. The molecule has 1 aromatic carbocycles. The van der Waals surface area contributed by atoms with Gasteiger partial charge in [-0.1, -0.05) is 12.8 Å². The van der Waals surface area contributed by atoms with Crippen LogP contribution in [0.4, 0.5) is 0 Å². The predicted octanol–water partition coefficient (Wildman–Crippen LogP) is 3.72. The summed E-state index contributed by atoms with van der Waals surface area (Å²) < 4.78 is 0. The van der Waals surface area contributed by atoms with E-state index in [-0.39, 0.29) is 17.1 Å². The number of fused-ring (bicyclic) bond motifs is 3. The van der Waals surface area contributed by atoms with Gasteiger partial charge in [0.1, 0.15) is 22.2 Å². The molecule has 2 aromatic heterocycles. The Morgan fingerprint density at radius 2 is 1.88 bits per heavy atom. The number of aryl methyl sites for hydroxylation is 2. The van der Waals surface area contributed by atoms with Crippen LogP contribution in [0.3, 0.4) is 0 Å². The van der Waals surface area contributed by atoms with Crippen molar-refractivity contribution in [3.63, 3.8) is 0 Å². The average Bonchev–Trinajstić information content (AvgIpc) is 2.84. The maximum atomic E-state index is 12.7. The summed E-state index contributed by atoms with van der Waals surface area (Å²) in [5, 5.41) is 20.2. The summed E-state index contributed by atoms with van der Waals surface area (Å²) in [5.41, 5.74) is 1.41. The quantitative estimate of drug-likeness (QED) is 0.629. The number of hydrogen-bond acceptors (Lipinski definition) is 5. The van der Waals surface area contributed by atoms with E-state index in [1.54, 1.807) is 17.4 Å². The molecule has 0 atom stereocenters. The first kappa shape index (κ1) is 15.2. The van der Waals surface area contributed by atoms with Crippen molar-refractivity contribution in [1.82, 2.24) is 9.97 Å². The largest absolute Gasteiger partial charge is 0.508 e. The second-order valence-electron chi connectivity index (χ2n) is 6.21. The molecule has 0 saturated heterocycles. The minimum Gasteiger partial charge on any atom is -0.508 e. The number of nitrogens with zero attached hydrogens (tertiary/aromatic N) is 1. The van der Waals surface area contributed by atoms with Gasteiger partial charge in [0.15, 0.2) is 0 Å². The van der Waals surface area contributed by atoms with E-state index in [2.05, 4.69) is 9.97 Å². The van der Waals surface area contributed by atoms with Crippen LogP contribution in [0.2, 0.25) is 0 Å². The van der Waals surface area contributed by atoms with E-state index in [9.17, 15) is 15.0 Å². The fraction of sp³-hybridized carbons (Fsp3) is 0.333. The molecule has 24 heavy (non-hydrogen) atoms. The van der Waals surface area contributed by atoms with Crippen LogP contribution >= 0.6 is 11.3 Å². The minimum atomic E-state index is -0.152. The summed E-state index contributed by atoms with van der Waals surface area (Å²) in [7, 11) is 0. The number of thiophene rings is 1. The summed E-state index contributed by atoms with van der Waals surface area (Å²) in [6.07, 6.45) is 6.66. The number of phenols is 2. The van der Waals surface area contributed by atoms with Crippen molar-refractivity contribution in [1.29, 1.82) is 0 Å². The number of hydrogen-bond donors (Lipinski definition) is 3. The predicted molar refractivity (Wildman–Crippen MR) is 94.9 cm³/mol. The van der Waals surface area contributed by atoms with Crippen LogP contribution in [0.15, 0.2) is 23.0 Å². The Bertz CT molecular complexity index is 974. The van der Waals surface area contributed by atoms with Crippen LogP contribution in [-0.2, 0) is 12.8 Å². The summed E-state index contributed by atoms with van der Waals surface area (Å²) in [4.78, 5) is 22.0. The zero-order chi connectivity index (χ0) is 16.7. The maximum absolute atomic E-state index is 12.7. The lowest BCUT2D eigenvalue weighted by Crippen LogP contribution is -2.10. The topological polar surface area (TPSA) is 86.2 Å². The Kier molecular flexibility index (Phi) is 3.76. The second-order valence-corrected chi connectivity index (χ2v) is 7.30. The van der Waals surface area contributed by atoms with E-state index in [0.29, 0.717) is 16.8 Å². The molecule has 0 saturated carbocycles. The van der Waals surface area contributed by atoms with Crippen molar-refractivity contribution < 1.29 is 10.2 Å². The van der Waals surface area contributed by atoms with Gasteiger partial charge in [0.2, 0.25) is 0 Å². The minimum absolute atomic E-state index is 0.0289. The Balaban J connectivity index is 1.90. The van der Waals surface area contributed by atoms with Gasteiger partial charge in [0.05, 0.1) is 10.9 Å². The number of H-pyrrole nitrogens is 1. The number of aromatic amines is 1. The van der Waals surface area contributed by atoms with Crippen LogP contribution in [0.25, 0.3) is 21.6 Å². The molecule has 6 heteroatoms. The third kappa shape index (κ3) is 2.57. The molecule has 0 spiro atoms. The van der Waals surface area contributed by atoms with E-state index in [0.717, 1.165) is 36.1 Å². The number of aromatic hydroxyl groups is 2. The third-order valence-corrected chi connectivity index (χ3v) is 5.75. The molecule has 2 heterocycles.